The smallest absolute Gasteiger partial charge is 0.328 e. The first-order valence-electron chi connectivity index (χ1n) is 13.1. The zero-order valence-electron chi connectivity index (χ0n) is 20.5. The van der Waals surface area contributed by atoms with Crippen molar-refractivity contribution in [1.29, 1.82) is 0 Å². The standard InChI is InChI=1S/C27H37N5O3/c28-10-14-35-23-4-1-19(2-5-23)18-31-11-7-20(8-12-31)21-3-6-24-22(15-21)16-29-17-25(24)32-13-9-26(33)30-27(32)34/h3,6,15-17,19-20,23H,1-2,4-5,7-14,18,28H2,(H,30,33,34)/t19-,23-. The van der Waals surface area contributed by atoms with Crippen molar-refractivity contribution in [2.24, 2.45) is 11.7 Å². The molecule has 0 unspecified atom stereocenters. The van der Waals surface area contributed by atoms with Crippen LogP contribution < -0.4 is 16.0 Å². The highest BCUT2D eigenvalue weighted by molar-refractivity contribution is 6.09. The summed E-state index contributed by atoms with van der Waals surface area (Å²) in [5.74, 6) is 1.12. The molecule has 0 bridgehead atoms. The number of ether oxygens (including phenoxy) is 1. The van der Waals surface area contributed by atoms with E-state index in [1.807, 2.05) is 6.20 Å². The number of imide groups is 1. The maximum absolute atomic E-state index is 12.3. The fourth-order valence-electron chi connectivity index (χ4n) is 5.97. The van der Waals surface area contributed by atoms with Gasteiger partial charge in [-0.05, 0) is 75.1 Å². The lowest BCUT2D eigenvalue weighted by Crippen LogP contribution is -2.49. The van der Waals surface area contributed by atoms with Crippen LogP contribution >= 0.6 is 0 Å². The third-order valence-corrected chi connectivity index (χ3v) is 7.95. The van der Waals surface area contributed by atoms with Crippen LogP contribution in [0.4, 0.5) is 10.5 Å². The van der Waals surface area contributed by atoms with Crippen LogP contribution in [0.15, 0.2) is 30.6 Å². The van der Waals surface area contributed by atoms with Crippen LogP contribution in [0.5, 0.6) is 0 Å². The van der Waals surface area contributed by atoms with Gasteiger partial charge in [0.2, 0.25) is 5.91 Å². The molecule has 1 aromatic carbocycles. The van der Waals surface area contributed by atoms with Crippen molar-refractivity contribution < 1.29 is 14.3 Å². The first-order chi connectivity index (χ1) is 17.1. The third kappa shape index (κ3) is 5.66. The van der Waals surface area contributed by atoms with Gasteiger partial charge in [-0.25, -0.2) is 4.79 Å². The van der Waals surface area contributed by atoms with Crippen molar-refractivity contribution in [1.82, 2.24) is 15.2 Å². The maximum Gasteiger partial charge on any atom is 0.328 e. The minimum atomic E-state index is -0.372. The number of anilines is 1. The van der Waals surface area contributed by atoms with Gasteiger partial charge in [0.15, 0.2) is 0 Å². The van der Waals surface area contributed by atoms with Crippen molar-refractivity contribution in [3.8, 4) is 0 Å². The number of nitrogens with zero attached hydrogens (tertiary/aromatic N) is 3. The minimum Gasteiger partial charge on any atom is -0.377 e. The number of nitrogens with one attached hydrogen (secondary N) is 1. The molecule has 3 fully saturated rings. The molecule has 2 aromatic rings. The zero-order chi connectivity index (χ0) is 24.2. The summed E-state index contributed by atoms with van der Waals surface area (Å²) >= 11 is 0. The average Bonchev–Trinajstić information content (AvgIpc) is 2.88. The van der Waals surface area contributed by atoms with Gasteiger partial charge in [0.1, 0.15) is 0 Å². The number of benzene rings is 1. The number of likely N-dealkylation sites (tertiary alicyclic amines) is 1. The molecule has 3 heterocycles. The molecule has 5 rings (SSSR count). The van der Waals surface area contributed by atoms with E-state index in [-0.39, 0.29) is 11.9 Å². The van der Waals surface area contributed by atoms with Gasteiger partial charge in [0.25, 0.3) is 0 Å². The van der Waals surface area contributed by atoms with Crippen LogP contribution in [0, 0.1) is 5.92 Å². The van der Waals surface area contributed by atoms with Crippen LogP contribution in [0.2, 0.25) is 0 Å². The molecule has 1 aromatic heterocycles. The van der Waals surface area contributed by atoms with E-state index in [1.165, 1.54) is 50.6 Å². The van der Waals surface area contributed by atoms with E-state index in [1.54, 1.807) is 11.1 Å². The minimum absolute atomic E-state index is 0.225. The lowest BCUT2D eigenvalue weighted by atomic mass is 9.85. The van der Waals surface area contributed by atoms with E-state index >= 15 is 0 Å². The fraction of sp³-hybridized carbons (Fsp3) is 0.593. The topological polar surface area (TPSA) is 101 Å². The predicted molar refractivity (Wildman–Crippen MR) is 136 cm³/mol. The zero-order valence-corrected chi connectivity index (χ0v) is 20.5. The van der Waals surface area contributed by atoms with Crippen molar-refractivity contribution in [2.45, 2.75) is 57.0 Å². The number of urea groups is 1. The Morgan fingerprint density at radius 1 is 1.03 bits per heavy atom. The molecule has 3 aliphatic rings. The summed E-state index contributed by atoms with van der Waals surface area (Å²) in [7, 11) is 0. The monoisotopic (exact) mass is 479 g/mol. The number of nitrogens with two attached hydrogens (primary N) is 1. The van der Waals surface area contributed by atoms with Gasteiger partial charge in [0.05, 0.1) is 24.6 Å². The lowest BCUT2D eigenvalue weighted by Gasteiger charge is -2.36. The third-order valence-electron chi connectivity index (χ3n) is 7.95. The van der Waals surface area contributed by atoms with Crippen LogP contribution in [0.3, 0.4) is 0 Å². The highest BCUT2D eigenvalue weighted by Crippen LogP contribution is 2.34. The van der Waals surface area contributed by atoms with Crippen molar-refractivity contribution >= 4 is 28.4 Å². The molecule has 3 amide bonds. The molecule has 8 heteroatoms. The van der Waals surface area contributed by atoms with Crippen LogP contribution in [-0.2, 0) is 9.53 Å². The van der Waals surface area contributed by atoms with Crippen molar-refractivity contribution in [3.05, 3.63) is 36.2 Å². The summed E-state index contributed by atoms with van der Waals surface area (Å²) in [6.07, 6.45) is 11.5. The van der Waals surface area contributed by atoms with Gasteiger partial charge in [-0.1, -0.05) is 12.1 Å². The second-order valence-corrected chi connectivity index (χ2v) is 10.3. The molecule has 35 heavy (non-hydrogen) atoms. The molecule has 8 nitrogen and oxygen atoms in total. The molecule has 0 atom stereocenters. The number of piperidine rings is 1. The van der Waals surface area contributed by atoms with Crippen LogP contribution in [-0.4, -0.2) is 67.3 Å². The fourth-order valence-corrected chi connectivity index (χ4v) is 5.97. The Hall–Kier alpha value is -2.55. The first kappa shape index (κ1) is 24.2. The van der Waals surface area contributed by atoms with E-state index in [2.05, 4.69) is 33.4 Å². The Balaban J connectivity index is 1.17. The van der Waals surface area contributed by atoms with Gasteiger partial charge in [-0.2, -0.15) is 0 Å². The summed E-state index contributed by atoms with van der Waals surface area (Å²) in [6, 6.07) is 6.19. The average molecular weight is 480 g/mol. The second kappa shape index (κ2) is 11.0. The Morgan fingerprint density at radius 3 is 2.57 bits per heavy atom. The van der Waals surface area contributed by atoms with Crippen LogP contribution in [0.25, 0.3) is 10.8 Å². The molecule has 1 saturated carbocycles. The normalized spacial score (nSPS) is 24.7. The Kier molecular flexibility index (Phi) is 7.60. The highest BCUT2D eigenvalue weighted by Gasteiger charge is 2.28. The summed E-state index contributed by atoms with van der Waals surface area (Å²) in [6.45, 7) is 5.18. The second-order valence-electron chi connectivity index (χ2n) is 10.3. The van der Waals surface area contributed by atoms with Gasteiger partial charge in [0, 0.05) is 43.0 Å². The number of rotatable bonds is 7. The molecular formula is C27H37N5O3. The van der Waals surface area contributed by atoms with E-state index in [0.29, 0.717) is 38.1 Å². The number of fused-ring (bicyclic) bond motifs is 1. The SMILES string of the molecule is NCCO[C@H]1CC[C@H](CN2CCC(c3ccc4c(N5CCC(=O)NC5=O)cncc4c3)CC2)CC1. The van der Waals surface area contributed by atoms with E-state index in [9.17, 15) is 9.59 Å². The molecule has 3 N–H and O–H groups in total. The summed E-state index contributed by atoms with van der Waals surface area (Å²) in [4.78, 5) is 32.5. The molecule has 1 aliphatic carbocycles. The van der Waals surface area contributed by atoms with E-state index in [0.717, 1.165) is 35.5 Å². The number of carbonyl (C=O) groups is 2. The largest absolute Gasteiger partial charge is 0.377 e. The molecule has 2 saturated heterocycles. The number of amides is 3. The summed E-state index contributed by atoms with van der Waals surface area (Å²) in [5, 5.41) is 4.44. The molecule has 2 aliphatic heterocycles. The highest BCUT2D eigenvalue weighted by atomic mass is 16.5. The molecule has 188 valence electrons. The Labute approximate surface area is 207 Å². The maximum atomic E-state index is 12.3. The number of hydrogen-bond acceptors (Lipinski definition) is 6. The first-order valence-corrected chi connectivity index (χ1v) is 13.1. The molecule has 0 spiro atoms. The molecule has 0 radical (unpaired) electrons. The van der Waals surface area contributed by atoms with Crippen molar-refractivity contribution in [2.75, 3.05) is 44.2 Å². The van der Waals surface area contributed by atoms with Gasteiger partial charge in [-0.15, -0.1) is 0 Å². The Morgan fingerprint density at radius 2 is 1.83 bits per heavy atom. The van der Waals surface area contributed by atoms with Crippen LogP contribution in [0.1, 0.15) is 56.4 Å². The van der Waals surface area contributed by atoms with Gasteiger partial charge >= 0.3 is 6.03 Å². The van der Waals surface area contributed by atoms with Gasteiger partial charge < -0.3 is 15.4 Å². The van der Waals surface area contributed by atoms with Gasteiger partial charge in [-0.3, -0.25) is 20.0 Å². The predicted octanol–water partition coefficient (Wildman–Crippen LogP) is 3.39. The number of hydrogen-bond donors (Lipinski definition) is 2. The van der Waals surface area contributed by atoms with Crippen molar-refractivity contribution in [3.63, 3.8) is 0 Å². The Bertz CT molecular complexity index is 1040. The van der Waals surface area contributed by atoms with E-state index < -0.39 is 0 Å². The number of pyridine rings is 1. The summed E-state index contributed by atoms with van der Waals surface area (Å²) < 4.78 is 5.84. The number of carbonyl (C=O) groups excluding carboxylic acids is 2. The lowest BCUT2D eigenvalue weighted by molar-refractivity contribution is -0.120. The summed E-state index contributed by atoms with van der Waals surface area (Å²) in [5.41, 5.74) is 7.68. The molecular weight excluding hydrogens is 442 g/mol. The van der Waals surface area contributed by atoms with E-state index in [4.69, 9.17) is 10.5 Å². The quantitative estimate of drug-likeness (QED) is 0.631. The number of aromatic nitrogens is 1.